The first-order valence-electron chi connectivity index (χ1n) is 31.0. The molecular formula is C67H53N4OPt-3. The molecular weight excluding hydrogens is 1070 g/mol. The number of para-hydroxylation sites is 3. The molecule has 1 aliphatic heterocycles. The molecule has 0 atom stereocenters. The molecule has 2 aromatic heterocycles. The van der Waals surface area contributed by atoms with Gasteiger partial charge in [-0.25, -0.2) is 4.98 Å². The quantitative estimate of drug-likeness (QED) is 0.128. The van der Waals surface area contributed by atoms with E-state index in [4.69, 9.17) is 23.4 Å². The minimum absolute atomic E-state index is 0. The van der Waals surface area contributed by atoms with E-state index in [1.54, 1.807) is 36.5 Å². The molecule has 0 radical (unpaired) electrons. The van der Waals surface area contributed by atoms with Crippen molar-refractivity contribution >= 4 is 44.6 Å². The van der Waals surface area contributed by atoms with Gasteiger partial charge in [0.05, 0.1) is 17.8 Å². The van der Waals surface area contributed by atoms with Crippen LogP contribution in [0.1, 0.15) is 71.9 Å². The molecule has 0 aliphatic carbocycles. The maximum absolute atomic E-state index is 9.81. The predicted octanol–water partition coefficient (Wildman–Crippen LogP) is 17.6. The van der Waals surface area contributed by atoms with E-state index in [9.17, 15) is 6.85 Å². The minimum Gasteiger partial charge on any atom is -0.509 e. The van der Waals surface area contributed by atoms with Gasteiger partial charge in [-0.15, -0.1) is 48.1 Å². The van der Waals surface area contributed by atoms with Gasteiger partial charge in [-0.2, -0.15) is 12.1 Å². The van der Waals surface area contributed by atoms with Crippen molar-refractivity contribution in [3.8, 4) is 50.7 Å². The second-order valence-electron chi connectivity index (χ2n) is 19.0. The van der Waals surface area contributed by atoms with Crippen LogP contribution in [-0.2, 0) is 31.9 Å². The number of aromatic nitrogens is 2. The van der Waals surface area contributed by atoms with Gasteiger partial charge in [-0.3, -0.25) is 0 Å². The molecule has 12 rings (SSSR count). The Kier molecular flexibility index (Phi) is 8.66. The largest absolute Gasteiger partial charge is 0.509 e. The Morgan fingerprint density at radius 2 is 1.21 bits per heavy atom. The fourth-order valence-electron chi connectivity index (χ4n) is 9.32. The molecule has 5 nitrogen and oxygen atoms in total. The van der Waals surface area contributed by atoms with Gasteiger partial charge in [0.2, 0.25) is 0 Å². The van der Waals surface area contributed by atoms with E-state index in [0.29, 0.717) is 28.3 Å². The Hall–Kier alpha value is -7.98. The van der Waals surface area contributed by atoms with Crippen LogP contribution in [0.3, 0.4) is 0 Å². The van der Waals surface area contributed by atoms with Crippen molar-refractivity contribution in [2.24, 2.45) is 0 Å². The third kappa shape index (κ3) is 8.83. The third-order valence-corrected chi connectivity index (χ3v) is 13.1. The van der Waals surface area contributed by atoms with Crippen LogP contribution in [0.5, 0.6) is 11.5 Å². The number of anilines is 4. The van der Waals surface area contributed by atoms with Crippen molar-refractivity contribution in [2.75, 3.05) is 9.80 Å². The van der Waals surface area contributed by atoms with Crippen molar-refractivity contribution in [3.05, 3.63) is 260 Å². The molecule has 1 aliphatic rings. The van der Waals surface area contributed by atoms with Gasteiger partial charge in [0.25, 0.3) is 0 Å². The second kappa shape index (κ2) is 19.2. The zero-order valence-corrected chi connectivity index (χ0v) is 42.6. The first-order valence-corrected chi connectivity index (χ1v) is 23.5. The van der Waals surface area contributed by atoms with E-state index in [0.717, 1.165) is 27.8 Å². The van der Waals surface area contributed by atoms with Crippen LogP contribution in [0.15, 0.2) is 224 Å². The van der Waals surface area contributed by atoms with Gasteiger partial charge in [-0.05, 0) is 81.4 Å². The Balaban J connectivity index is 0.00000800. The van der Waals surface area contributed by atoms with Crippen LogP contribution < -0.4 is 14.5 Å². The van der Waals surface area contributed by atoms with Crippen molar-refractivity contribution in [1.82, 2.24) is 9.55 Å². The molecule has 0 spiro atoms. The molecule has 73 heavy (non-hydrogen) atoms. The smallest absolute Gasteiger partial charge is 0.135 e. The van der Waals surface area contributed by atoms with E-state index in [1.807, 2.05) is 115 Å². The summed E-state index contributed by atoms with van der Waals surface area (Å²) in [6.45, 7) is 12.3. The molecule has 11 aromatic rings. The zero-order valence-electron chi connectivity index (χ0n) is 55.3. The summed E-state index contributed by atoms with van der Waals surface area (Å²) in [7, 11) is 0. The predicted molar refractivity (Wildman–Crippen MR) is 298 cm³/mol. The van der Waals surface area contributed by atoms with Gasteiger partial charge >= 0.3 is 0 Å². The fourth-order valence-corrected chi connectivity index (χ4v) is 9.32. The Morgan fingerprint density at radius 3 is 1.96 bits per heavy atom. The summed E-state index contributed by atoms with van der Waals surface area (Å²) in [5, 5.41) is -0.165. The molecule has 0 saturated carbocycles. The van der Waals surface area contributed by atoms with E-state index in [2.05, 4.69) is 45.0 Å². The van der Waals surface area contributed by atoms with Crippen LogP contribution in [0.25, 0.3) is 61.0 Å². The number of pyridine rings is 1. The van der Waals surface area contributed by atoms with Crippen LogP contribution >= 0.6 is 0 Å². The average molecular weight is 1140 g/mol. The zero-order chi connectivity index (χ0) is 62.0. The maximum atomic E-state index is 9.81. The third-order valence-electron chi connectivity index (χ3n) is 13.1. The van der Waals surface area contributed by atoms with Crippen LogP contribution in [-0.4, -0.2) is 9.55 Å². The Labute approximate surface area is 464 Å². The Bertz CT molecular complexity index is 4640. The SMILES string of the molecule is [2H]c1c([2H])c([2H])c(-c2cccc(-c3cccc(C(C)(C)C)c3)c2N2[CH-]N(c3[c-]c(Oc4[c-]c5c(c([2H])c4[2H])c4c([2H])c(-c6c([2H])c([2H])c([2H])c([2H])c6[2H])c([2H])c([2H])c4n5-c4cc(C(C)(C)c5ccccc5)ccn4)ccc3)c3ccccc32)c([2H])c1[2H].[Pt]. The monoisotopic (exact) mass is 1140 g/mol. The number of hydrogen-bond donors (Lipinski definition) is 0. The van der Waals surface area contributed by atoms with Gasteiger partial charge in [0, 0.05) is 79.3 Å². The second-order valence-corrected chi connectivity index (χ2v) is 19.0. The van der Waals surface area contributed by atoms with E-state index >= 15 is 0 Å². The van der Waals surface area contributed by atoms with Crippen molar-refractivity contribution < 1.29 is 46.4 Å². The van der Waals surface area contributed by atoms with Crippen molar-refractivity contribution in [2.45, 2.75) is 45.4 Å². The molecule has 0 fully saturated rings. The topological polar surface area (TPSA) is 33.5 Å². The standard InChI is InChI=1S/C67H53N4O.Pt/c1-66(2,3)51-27-17-24-49(40-51)57-31-19-30-56(47-22-11-7-12-23-47)65(57)70-45-69(61-32-15-16-33-62(61)70)53-28-18-29-54(43-53)72-55-35-36-58-59-41-48(46-20-9-6-10-21-46)34-37-60(59)71(63(58)44-55)64-42-52(38-39-68-64)67(4,5)50-25-13-8-14-26-50;/h6-42,45H,1-5H3;/q-3;/i6D,7D,9D,10D,11D,12D,20D,21D,22D,23D,34D,35D,36D,37D,41D;. The summed E-state index contributed by atoms with van der Waals surface area (Å²) in [5.74, 6) is 0.0484. The van der Waals surface area contributed by atoms with E-state index in [-0.39, 0.29) is 83.3 Å². The van der Waals surface area contributed by atoms with Gasteiger partial charge < -0.3 is 19.1 Å². The summed E-state index contributed by atoms with van der Waals surface area (Å²) < 4.78 is 143. The first kappa shape index (κ1) is 32.9. The number of ether oxygens (including phenoxy) is 1. The normalized spacial score (nSPS) is 15.4. The number of fused-ring (bicyclic) bond motifs is 4. The summed E-state index contributed by atoms with van der Waals surface area (Å²) in [6, 6.07) is 38.2. The van der Waals surface area contributed by atoms with Crippen LogP contribution in [0.2, 0.25) is 0 Å². The van der Waals surface area contributed by atoms with Crippen molar-refractivity contribution in [3.63, 3.8) is 0 Å². The number of hydrogen-bond acceptors (Lipinski definition) is 4. The van der Waals surface area contributed by atoms with Crippen LogP contribution in [0, 0.1) is 18.8 Å². The van der Waals surface area contributed by atoms with Gasteiger partial charge in [-0.1, -0.05) is 198 Å². The molecule has 3 heterocycles. The molecule has 0 N–H and O–H groups in total. The summed E-state index contributed by atoms with van der Waals surface area (Å²) in [6.07, 6.45) is 1.59. The fraction of sp³-hybridized carbons (Fsp3) is 0.104. The molecule has 0 unspecified atom stereocenters. The summed E-state index contributed by atoms with van der Waals surface area (Å²) in [5.41, 5.74) is 5.41. The van der Waals surface area contributed by atoms with E-state index in [1.165, 1.54) is 4.57 Å². The van der Waals surface area contributed by atoms with Crippen molar-refractivity contribution in [1.29, 1.82) is 0 Å². The summed E-state index contributed by atoms with van der Waals surface area (Å²) >= 11 is 0. The first-order chi connectivity index (χ1) is 41.3. The van der Waals surface area contributed by atoms with E-state index < -0.39 is 95.1 Å². The van der Waals surface area contributed by atoms with Gasteiger partial charge in [0.15, 0.2) is 0 Å². The number of rotatable bonds is 10. The molecule has 0 amide bonds. The molecule has 0 bridgehead atoms. The van der Waals surface area contributed by atoms with Crippen LogP contribution in [0.4, 0.5) is 22.7 Å². The van der Waals surface area contributed by atoms with Gasteiger partial charge in [0.1, 0.15) is 5.82 Å². The maximum Gasteiger partial charge on any atom is 0.135 e. The number of benzene rings is 9. The molecule has 0 saturated heterocycles. The number of nitrogens with zero attached hydrogens (tertiary/aromatic N) is 4. The minimum atomic E-state index is -0.694. The molecule has 6 heteroatoms. The summed E-state index contributed by atoms with van der Waals surface area (Å²) in [4.78, 5) is 8.57. The molecule has 9 aromatic carbocycles. The average Bonchev–Trinajstić information content (AvgIpc) is 1.56. The Morgan fingerprint density at radius 1 is 0.534 bits per heavy atom. The molecule has 360 valence electrons.